The van der Waals surface area contributed by atoms with E-state index in [-0.39, 0.29) is 6.04 Å². The summed E-state index contributed by atoms with van der Waals surface area (Å²) in [7, 11) is 0. The summed E-state index contributed by atoms with van der Waals surface area (Å²) in [6, 6.07) is 8.31. The minimum atomic E-state index is -0.963. The summed E-state index contributed by atoms with van der Waals surface area (Å²) in [5.74, 6) is 1.05. The molecule has 0 spiro atoms. The van der Waals surface area contributed by atoms with Crippen molar-refractivity contribution in [1.29, 1.82) is 0 Å². The van der Waals surface area contributed by atoms with Gasteiger partial charge in [0.2, 0.25) is 0 Å². The fraction of sp³-hybridized carbons (Fsp3) is 0.250. The van der Waals surface area contributed by atoms with Gasteiger partial charge in [-0.05, 0) is 26.0 Å². The van der Waals surface area contributed by atoms with Crippen molar-refractivity contribution in [2.75, 3.05) is 0 Å². The van der Waals surface area contributed by atoms with E-state index in [9.17, 15) is 4.79 Å². The van der Waals surface area contributed by atoms with Gasteiger partial charge in [-0.1, -0.05) is 12.1 Å². The molecular weight excluding hydrogens is 206 g/mol. The van der Waals surface area contributed by atoms with E-state index >= 15 is 0 Å². The molecule has 1 aromatic carbocycles. The van der Waals surface area contributed by atoms with E-state index < -0.39 is 6.09 Å². The van der Waals surface area contributed by atoms with Gasteiger partial charge in [0.1, 0.15) is 11.3 Å². The standard InChI is InChI=1S/C8H4O.C4H9NO2/c1-2-5-4-7-6(3-1)8(5)9-7;1-3(2)5-4(6)7/h1-4H;3,5H,1-2H3,(H,6,7). The fourth-order valence-corrected chi connectivity index (χ4v) is 1.59. The molecule has 1 amide bonds. The van der Waals surface area contributed by atoms with E-state index in [0.29, 0.717) is 0 Å². The molecule has 4 rings (SSSR count). The van der Waals surface area contributed by atoms with Crippen molar-refractivity contribution in [2.45, 2.75) is 19.9 Å². The Morgan fingerprint density at radius 3 is 2.62 bits per heavy atom. The molecule has 2 heterocycles. The lowest BCUT2D eigenvalue weighted by Gasteiger charge is -2.01. The molecule has 2 aliphatic rings. The van der Waals surface area contributed by atoms with Crippen LogP contribution in [-0.4, -0.2) is 17.2 Å². The maximum absolute atomic E-state index is 9.70. The molecule has 4 bridgehead atoms. The van der Waals surface area contributed by atoms with Gasteiger partial charge in [-0.15, -0.1) is 0 Å². The third-order valence-corrected chi connectivity index (χ3v) is 2.22. The SMILES string of the molecule is CC(C)NC(=O)O.c1cc2c3oc-2cc3c1. The highest BCUT2D eigenvalue weighted by atomic mass is 16.4. The number of nitrogens with one attached hydrogen (secondary N) is 1. The monoisotopic (exact) mass is 219 g/mol. The van der Waals surface area contributed by atoms with Gasteiger partial charge in [-0.25, -0.2) is 4.79 Å². The summed E-state index contributed by atoms with van der Waals surface area (Å²) in [5.41, 5.74) is 2.36. The van der Waals surface area contributed by atoms with Crippen LogP contribution in [0.1, 0.15) is 13.8 Å². The van der Waals surface area contributed by atoms with Gasteiger partial charge in [0.25, 0.3) is 0 Å². The molecule has 4 heteroatoms. The molecule has 0 saturated heterocycles. The lowest BCUT2D eigenvalue weighted by atomic mass is 10.2. The molecule has 2 aromatic rings. The average Bonchev–Trinajstić information content (AvgIpc) is 2.63. The molecule has 0 saturated carbocycles. The number of hydrogen-bond acceptors (Lipinski definition) is 2. The predicted molar refractivity (Wildman–Crippen MR) is 61.5 cm³/mol. The highest BCUT2D eigenvalue weighted by molar-refractivity contribution is 6.01. The van der Waals surface area contributed by atoms with Crippen molar-refractivity contribution in [3.05, 3.63) is 24.3 Å². The summed E-state index contributed by atoms with van der Waals surface area (Å²) in [6.45, 7) is 3.54. The van der Waals surface area contributed by atoms with Crippen LogP contribution in [0.15, 0.2) is 28.7 Å². The zero-order chi connectivity index (χ0) is 11.7. The van der Waals surface area contributed by atoms with Gasteiger partial charge in [0, 0.05) is 11.4 Å². The Kier molecular flexibility index (Phi) is 2.56. The predicted octanol–water partition coefficient (Wildman–Crippen LogP) is 3.08. The van der Waals surface area contributed by atoms with Gasteiger partial charge in [0.05, 0.1) is 5.56 Å². The van der Waals surface area contributed by atoms with Crippen LogP contribution < -0.4 is 5.32 Å². The van der Waals surface area contributed by atoms with Crippen molar-refractivity contribution >= 4 is 17.1 Å². The minimum Gasteiger partial charge on any atom is -0.465 e. The third-order valence-electron chi connectivity index (χ3n) is 2.22. The van der Waals surface area contributed by atoms with Crippen LogP contribution in [-0.2, 0) is 0 Å². The topological polar surface area (TPSA) is 62.5 Å². The first-order valence-corrected chi connectivity index (χ1v) is 5.10. The quantitative estimate of drug-likeness (QED) is 0.661. The van der Waals surface area contributed by atoms with Crippen LogP contribution in [0, 0.1) is 0 Å². The Hall–Kier alpha value is -1.97. The zero-order valence-corrected chi connectivity index (χ0v) is 9.15. The summed E-state index contributed by atoms with van der Waals surface area (Å²) < 4.78 is 5.24. The Bertz CT molecular complexity index is 528. The van der Waals surface area contributed by atoms with Gasteiger partial charge in [-0.2, -0.15) is 0 Å². The molecule has 2 N–H and O–H groups in total. The Labute approximate surface area is 92.9 Å². The molecule has 0 radical (unpaired) electrons. The molecule has 1 aromatic heterocycles. The van der Waals surface area contributed by atoms with Crippen molar-refractivity contribution in [3.63, 3.8) is 0 Å². The smallest absolute Gasteiger partial charge is 0.404 e. The fourth-order valence-electron chi connectivity index (χ4n) is 1.59. The van der Waals surface area contributed by atoms with Crippen LogP contribution >= 0.6 is 0 Å². The second-order valence-electron chi connectivity index (χ2n) is 3.94. The normalized spacial score (nSPS) is 10.9. The number of amides is 1. The highest BCUT2D eigenvalue weighted by Gasteiger charge is 2.19. The summed E-state index contributed by atoms with van der Waals surface area (Å²) in [5, 5.41) is 11.4. The number of carbonyl (C=O) groups is 1. The molecule has 0 atom stereocenters. The third kappa shape index (κ3) is 1.86. The second-order valence-corrected chi connectivity index (χ2v) is 3.94. The molecule has 16 heavy (non-hydrogen) atoms. The molecule has 84 valence electrons. The van der Waals surface area contributed by atoms with Crippen molar-refractivity contribution in [1.82, 2.24) is 5.32 Å². The van der Waals surface area contributed by atoms with Crippen molar-refractivity contribution in [2.24, 2.45) is 0 Å². The van der Waals surface area contributed by atoms with Crippen LogP contribution in [0.4, 0.5) is 4.79 Å². The maximum atomic E-state index is 9.70. The van der Waals surface area contributed by atoms with E-state index in [1.165, 1.54) is 10.9 Å². The number of para-hydroxylation sites is 1. The maximum Gasteiger partial charge on any atom is 0.404 e. The first kappa shape index (κ1) is 10.5. The number of benzene rings is 1. The highest BCUT2D eigenvalue weighted by Crippen LogP contribution is 2.41. The van der Waals surface area contributed by atoms with E-state index in [4.69, 9.17) is 9.52 Å². The Morgan fingerprint density at radius 1 is 1.44 bits per heavy atom. The lowest BCUT2D eigenvalue weighted by molar-refractivity contribution is 0.191. The van der Waals surface area contributed by atoms with Gasteiger partial charge in [-0.3, -0.25) is 0 Å². The van der Waals surface area contributed by atoms with E-state index in [1.807, 2.05) is 0 Å². The van der Waals surface area contributed by atoms with E-state index in [0.717, 1.165) is 11.3 Å². The summed E-state index contributed by atoms with van der Waals surface area (Å²) in [4.78, 5) is 9.70. The number of carboxylic acid groups (broad SMARTS) is 1. The number of hydrogen-bond donors (Lipinski definition) is 2. The largest absolute Gasteiger partial charge is 0.465 e. The second kappa shape index (κ2) is 3.89. The summed E-state index contributed by atoms with van der Waals surface area (Å²) in [6.07, 6.45) is -0.963. The minimum absolute atomic E-state index is 0.0255. The van der Waals surface area contributed by atoms with Gasteiger partial charge >= 0.3 is 6.09 Å². The van der Waals surface area contributed by atoms with E-state index in [2.05, 4.69) is 29.6 Å². The lowest BCUT2D eigenvalue weighted by Crippen LogP contribution is -2.27. The van der Waals surface area contributed by atoms with Gasteiger partial charge in [0.15, 0.2) is 0 Å². The van der Waals surface area contributed by atoms with E-state index in [1.54, 1.807) is 13.8 Å². The molecule has 4 nitrogen and oxygen atoms in total. The number of rotatable bonds is 1. The van der Waals surface area contributed by atoms with Crippen LogP contribution in [0.3, 0.4) is 0 Å². The molecule has 1 aliphatic heterocycles. The molecule has 0 fully saturated rings. The average molecular weight is 219 g/mol. The molecular formula is C12H13NO3. The van der Waals surface area contributed by atoms with Crippen LogP contribution in [0.25, 0.3) is 22.3 Å². The van der Waals surface area contributed by atoms with Gasteiger partial charge < -0.3 is 14.8 Å². The first-order valence-electron chi connectivity index (χ1n) is 5.10. The first-order chi connectivity index (χ1) is 7.58. The number of furan rings is 1. The van der Waals surface area contributed by atoms with Crippen molar-refractivity contribution in [3.8, 4) is 11.3 Å². The Morgan fingerprint density at radius 2 is 2.19 bits per heavy atom. The molecule has 1 aliphatic carbocycles. The zero-order valence-electron chi connectivity index (χ0n) is 9.15. The van der Waals surface area contributed by atoms with Crippen LogP contribution in [0.5, 0.6) is 0 Å². The Balaban J connectivity index is 0.000000127. The summed E-state index contributed by atoms with van der Waals surface area (Å²) >= 11 is 0. The van der Waals surface area contributed by atoms with Crippen molar-refractivity contribution < 1.29 is 14.3 Å². The molecule has 0 unspecified atom stereocenters. The van der Waals surface area contributed by atoms with Crippen LogP contribution in [0.2, 0.25) is 0 Å².